The highest BCUT2D eigenvalue weighted by Gasteiger charge is 2.23. The molecule has 1 aliphatic heterocycles. The molecule has 0 saturated carbocycles. The van der Waals surface area contributed by atoms with Crippen LogP contribution in [0.1, 0.15) is 18.1 Å². The Labute approximate surface area is 183 Å². The van der Waals surface area contributed by atoms with Crippen LogP contribution in [0, 0.1) is 5.82 Å². The lowest BCUT2D eigenvalue weighted by Gasteiger charge is -2.05. The van der Waals surface area contributed by atoms with Gasteiger partial charge >= 0.3 is 0 Å². The van der Waals surface area contributed by atoms with Gasteiger partial charge in [-0.3, -0.25) is 14.8 Å². The largest absolute Gasteiger partial charge is 0.301 e. The van der Waals surface area contributed by atoms with Crippen LogP contribution >= 0.6 is 23.5 Å². The van der Waals surface area contributed by atoms with E-state index in [1.54, 1.807) is 17.8 Å². The van der Waals surface area contributed by atoms with Crippen LogP contribution in [0.25, 0.3) is 17.0 Å². The Hall–Kier alpha value is -2.64. The molecule has 0 aliphatic carbocycles. The minimum absolute atomic E-state index is 0.154. The first-order valence-electron chi connectivity index (χ1n) is 9.64. The lowest BCUT2D eigenvalue weighted by atomic mass is 10.1. The molecule has 1 aliphatic rings. The third-order valence-corrected chi connectivity index (χ3v) is 6.42. The van der Waals surface area contributed by atoms with E-state index in [2.05, 4.69) is 28.3 Å². The molecule has 1 N–H and O–H groups in total. The van der Waals surface area contributed by atoms with Gasteiger partial charge in [-0.05, 0) is 71.5 Å². The molecule has 0 spiro atoms. The number of fused-ring (bicyclic) bond motifs is 1. The number of rotatable bonds is 6. The van der Waals surface area contributed by atoms with Crippen molar-refractivity contribution in [1.82, 2.24) is 10.3 Å². The Morgan fingerprint density at radius 1 is 1.23 bits per heavy atom. The number of carbonyl (C=O) groups is 1. The van der Waals surface area contributed by atoms with E-state index in [1.807, 2.05) is 36.5 Å². The second kappa shape index (κ2) is 9.45. The molecule has 0 unspecified atom stereocenters. The summed E-state index contributed by atoms with van der Waals surface area (Å²) in [6.45, 7) is 2.61. The maximum Gasteiger partial charge on any atom is 0.264 e. The van der Waals surface area contributed by atoms with Gasteiger partial charge in [-0.25, -0.2) is 4.39 Å². The van der Waals surface area contributed by atoms with E-state index in [4.69, 9.17) is 0 Å². The first-order chi connectivity index (χ1) is 14.6. The molecule has 152 valence electrons. The topological polar surface area (TPSA) is 54.4 Å². The number of nitrogens with one attached hydrogen (secondary N) is 1. The summed E-state index contributed by atoms with van der Waals surface area (Å²) in [6.07, 6.45) is 4.32. The maximum atomic E-state index is 13.3. The summed E-state index contributed by atoms with van der Waals surface area (Å²) in [6, 6.07) is 14.5. The van der Waals surface area contributed by atoms with Crippen LogP contribution in [0.5, 0.6) is 0 Å². The fourth-order valence-electron chi connectivity index (χ4n) is 3.14. The molecule has 1 amide bonds. The zero-order valence-corrected chi connectivity index (χ0v) is 18.0. The second-order valence-electron chi connectivity index (χ2n) is 6.65. The van der Waals surface area contributed by atoms with Crippen LogP contribution < -0.4 is 5.32 Å². The Balaban J connectivity index is 1.49. The number of nitrogens with zero attached hydrogens (tertiary/aromatic N) is 2. The number of thioether (sulfide) groups is 2. The molecule has 0 radical (unpaired) electrons. The molecular weight excluding hydrogens is 417 g/mol. The van der Waals surface area contributed by atoms with Gasteiger partial charge in [0.2, 0.25) is 0 Å². The molecule has 1 aromatic heterocycles. The molecule has 3 aromatic rings. The highest BCUT2D eigenvalue weighted by molar-refractivity contribution is 8.18. The highest BCUT2D eigenvalue weighted by atomic mass is 32.2. The van der Waals surface area contributed by atoms with Crippen molar-refractivity contribution in [2.45, 2.75) is 18.2 Å². The molecule has 1 saturated heterocycles. The summed E-state index contributed by atoms with van der Waals surface area (Å²) in [5.74, 6) is 0.581. The molecule has 4 rings (SSSR count). The summed E-state index contributed by atoms with van der Waals surface area (Å²) in [7, 11) is 0. The van der Waals surface area contributed by atoms with E-state index in [0.717, 1.165) is 27.8 Å². The predicted octanol–water partition coefficient (Wildman–Crippen LogP) is 5.29. The molecule has 2 heterocycles. The summed E-state index contributed by atoms with van der Waals surface area (Å²) >= 11 is 3.10. The van der Waals surface area contributed by atoms with E-state index >= 15 is 0 Å². The van der Waals surface area contributed by atoms with Crippen LogP contribution in [0.2, 0.25) is 0 Å². The Morgan fingerprint density at radius 3 is 2.97 bits per heavy atom. The number of halogens is 1. The normalized spacial score (nSPS) is 16.5. The molecule has 0 bridgehead atoms. The third kappa shape index (κ3) is 4.91. The van der Waals surface area contributed by atoms with Gasteiger partial charge in [-0.1, -0.05) is 25.1 Å². The highest BCUT2D eigenvalue weighted by Crippen LogP contribution is 2.30. The molecule has 4 nitrogen and oxygen atoms in total. The quantitative estimate of drug-likeness (QED) is 0.421. The van der Waals surface area contributed by atoms with Crippen molar-refractivity contribution < 1.29 is 9.18 Å². The SMILES string of the molecule is CCSc1ccnc2ccc(C=C3SC(=NCCc4cccc(F)c4)NC3=O)cc12. The van der Waals surface area contributed by atoms with Crippen molar-refractivity contribution in [1.29, 1.82) is 0 Å². The number of hydrogen-bond acceptors (Lipinski definition) is 5. The van der Waals surface area contributed by atoms with Gasteiger partial charge in [-0.2, -0.15) is 0 Å². The van der Waals surface area contributed by atoms with Crippen molar-refractivity contribution in [3.63, 3.8) is 0 Å². The van der Waals surface area contributed by atoms with Crippen molar-refractivity contribution in [2.24, 2.45) is 4.99 Å². The smallest absolute Gasteiger partial charge is 0.264 e. The van der Waals surface area contributed by atoms with Gasteiger partial charge < -0.3 is 5.32 Å². The number of hydrogen-bond donors (Lipinski definition) is 1. The van der Waals surface area contributed by atoms with E-state index in [9.17, 15) is 9.18 Å². The first kappa shape index (κ1) is 20.6. The fraction of sp³-hybridized carbons (Fsp3) is 0.174. The average molecular weight is 438 g/mol. The number of carbonyl (C=O) groups excluding carboxylic acids is 1. The summed E-state index contributed by atoms with van der Waals surface area (Å²) < 4.78 is 13.3. The molecular formula is C23H20FN3OS2. The number of benzene rings is 2. The summed E-state index contributed by atoms with van der Waals surface area (Å²) in [5.41, 5.74) is 2.78. The lowest BCUT2D eigenvalue weighted by molar-refractivity contribution is -0.115. The van der Waals surface area contributed by atoms with Crippen LogP contribution in [-0.2, 0) is 11.2 Å². The van der Waals surface area contributed by atoms with E-state index in [0.29, 0.717) is 23.0 Å². The number of aliphatic imine (C=N–C) groups is 1. The standard InChI is InChI=1S/C23H20FN3OS2/c1-2-29-20-9-11-25-19-7-6-16(13-18(19)20)14-21-22(28)27-23(30-21)26-10-8-15-4-3-5-17(24)12-15/h3-7,9,11-14H,2,8,10H2,1H3,(H,26,27,28). The van der Waals surface area contributed by atoms with Crippen LogP contribution in [0.15, 0.2) is 69.5 Å². The molecule has 7 heteroatoms. The van der Waals surface area contributed by atoms with Crippen molar-refractivity contribution in [3.8, 4) is 0 Å². The second-order valence-corrected chi connectivity index (χ2v) is 8.99. The zero-order chi connectivity index (χ0) is 20.9. The van der Waals surface area contributed by atoms with Crippen LogP contribution in [0.3, 0.4) is 0 Å². The number of amidine groups is 1. The van der Waals surface area contributed by atoms with E-state index in [1.165, 1.54) is 28.8 Å². The van der Waals surface area contributed by atoms with Gasteiger partial charge in [0.05, 0.1) is 10.4 Å². The number of pyridine rings is 1. The number of aromatic nitrogens is 1. The van der Waals surface area contributed by atoms with E-state index in [-0.39, 0.29) is 11.7 Å². The van der Waals surface area contributed by atoms with E-state index < -0.39 is 0 Å². The molecule has 0 atom stereocenters. The first-order valence-corrected chi connectivity index (χ1v) is 11.4. The Bertz CT molecular complexity index is 1160. The van der Waals surface area contributed by atoms with Gasteiger partial charge in [-0.15, -0.1) is 11.8 Å². The predicted molar refractivity (Wildman–Crippen MR) is 124 cm³/mol. The number of amides is 1. The minimum atomic E-state index is -0.250. The van der Waals surface area contributed by atoms with Gasteiger partial charge in [0.25, 0.3) is 5.91 Å². The minimum Gasteiger partial charge on any atom is -0.301 e. The van der Waals surface area contributed by atoms with Crippen molar-refractivity contribution in [2.75, 3.05) is 12.3 Å². The van der Waals surface area contributed by atoms with Crippen molar-refractivity contribution >= 4 is 51.6 Å². The Morgan fingerprint density at radius 2 is 2.13 bits per heavy atom. The molecule has 2 aromatic carbocycles. The average Bonchev–Trinajstić information content (AvgIpc) is 3.08. The summed E-state index contributed by atoms with van der Waals surface area (Å²) in [4.78, 5) is 23.0. The van der Waals surface area contributed by atoms with Gasteiger partial charge in [0.1, 0.15) is 5.82 Å². The molecule has 1 fully saturated rings. The van der Waals surface area contributed by atoms with Crippen LogP contribution in [0.4, 0.5) is 4.39 Å². The lowest BCUT2D eigenvalue weighted by Crippen LogP contribution is -2.20. The molecule has 30 heavy (non-hydrogen) atoms. The van der Waals surface area contributed by atoms with Gasteiger partial charge in [0, 0.05) is 23.0 Å². The van der Waals surface area contributed by atoms with Crippen molar-refractivity contribution in [3.05, 3.63) is 76.6 Å². The Kier molecular flexibility index (Phi) is 6.50. The van der Waals surface area contributed by atoms with Crippen LogP contribution in [-0.4, -0.2) is 28.4 Å². The fourth-order valence-corrected chi connectivity index (χ4v) is 4.78. The monoisotopic (exact) mass is 437 g/mol. The van der Waals surface area contributed by atoms with Gasteiger partial charge in [0.15, 0.2) is 5.17 Å². The maximum absolute atomic E-state index is 13.3. The third-order valence-electron chi connectivity index (χ3n) is 4.52. The summed E-state index contributed by atoms with van der Waals surface area (Å²) in [5, 5.41) is 4.47. The zero-order valence-electron chi connectivity index (χ0n) is 16.4.